The quantitative estimate of drug-likeness (QED) is 0.772. The third kappa shape index (κ3) is 3.08. The molecule has 0 bridgehead atoms. The molecule has 15 heavy (non-hydrogen) atoms. The van der Waals surface area contributed by atoms with Gasteiger partial charge in [0.15, 0.2) is 0 Å². The molecule has 0 saturated carbocycles. The van der Waals surface area contributed by atoms with Crippen LogP contribution in [0.1, 0.15) is 11.1 Å². The average Bonchev–Trinajstić information content (AvgIpc) is 2.13. The van der Waals surface area contributed by atoms with Crippen LogP contribution in [0.3, 0.4) is 0 Å². The molecule has 0 aliphatic rings. The molecule has 6 heteroatoms. The number of pyridine rings is 1. The van der Waals surface area contributed by atoms with Crippen molar-refractivity contribution in [1.29, 1.82) is 0 Å². The Bertz CT molecular complexity index is 399. The van der Waals surface area contributed by atoms with Crippen LogP contribution in [-0.4, -0.2) is 16.1 Å². The summed E-state index contributed by atoms with van der Waals surface area (Å²) in [5.41, 5.74) is -1.18. The third-order valence-corrected chi connectivity index (χ3v) is 1.56. The molecule has 0 amide bonds. The number of aromatic nitrogens is 1. The van der Waals surface area contributed by atoms with Gasteiger partial charge in [-0.1, -0.05) is 0 Å². The second-order valence-corrected chi connectivity index (χ2v) is 2.63. The molecule has 0 unspecified atom stereocenters. The number of carboxylic acids is 1. The average molecular weight is 217 g/mol. The minimum absolute atomic E-state index is 0.271. The van der Waals surface area contributed by atoms with Crippen LogP contribution in [-0.2, 0) is 11.0 Å². The number of aliphatic carboxylic acids is 1. The van der Waals surface area contributed by atoms with E-state index >= 15 is 0 Å². The summed E-state index contributed by atoms with van der Waals surface area (Å²) >= 11 is 0. The molecule has 0 radical (unpaired) electrons. The van der Waals surface area contributed by atoms with E-state index < -0.39 is 17.7 Å². The van der Waals surface area contributed by atoms with E-state index in [-0.39, 0.29) is 5.56 Å². The number of nitrogens with zero attached hydrogens (tertiary/aromatic N) is 1. The normalized spacial score (nSPS) is 11.9. The van der Waals surface area contributed by atoms with Gasteiger partial charge in [-0.15, -0.1) is 0 Å². The van der Waals surface area contributed by atoms with E-state index in [2.05, 4.69) is 4.98 Å². The summed E-state index contributed by atoms with van der Waals surface area (Å²) in [5.74, 6) is -1.31. The predicted molar refractivity (Wildman–Crippen MR) is 45.9 cm³/mol. The van der Waals surface area contributed by atoms with Crippen LogP contribution < -0.4 is 0 Å². The summed E-state index contributed by atoms with van der Waals surface area (Å²) < 4.78 is 37.1. The fourth-order valence-electron chi connectivity index (χ4n) is 0.959. The molecule has 0 aliphatic heterocycles. The Morgan fingerprint density at radius 2 is 2.13 bits per heavy atom. The molecular weight excluding hydrogens is 211 g/mol. The Balaban J connectivity index is 3.13. The lowest BCUT2D eigenvalue weighted by molar-refractivity contribution is -0.138. The molecule has 0 aromatic carbocycles. The minimum Gasteiger partial charge on any atom is -0.478 e. The van der Waals surface area contributed by atoms with Crippen molar-refractivity contribution in [2.45, 2.75) is 6.18 Å². The van der Waals surface area contributed by atoms with Gasteiger partial charge in [0.25, 0.3) is 0 Å². The van der Waals surface area contributed by atoms with Crippen molar-refractivity contribution in [3.63, 3.8) is 0 Å². The summed E-state index contributed by atoms with van der Waals surface area (Å²) in [7, 11) is 0. The maximum atomic E-state index is 12.4. The van der Waals surface area contributed by atoms with E-state index in [4.69, 9.17) is 5.11 Å². The molecule has 1 heterocycles. The summed E-state index contributed by atoms with van der Waals surface area (Å²) in [6.45, 7) is 0. The van der Waals surface area contributed by atoms with Crippen molar-refractivity contribution < 1.29 is 23.1 Å². The second kappa shape index (κ2) is 4.12. The van der Waals surface area contributed by atoms with Crippen molar-refractivity contribution in [3.8, 4) is 0 Å². The lowest BCUT2D eigenvalue weighted by atomic mass is 10.1. The number of carbonyl (C=O) groups is 1. The molecule has 0 atom stereocenters. The maximum Gasteiger partial charge on any atom is 0.417 e. The Kier molecular flexibility index (Phi) is 3.08. The van der Waals surface area contributed by atoms with Gasteiger partial charge in [-0.2, -0.15) is 13.2 Å². The van der Waals surface area contributed by atoms with Crippen LogP contribution in [0.2, 0.25) is 0 Å². The first kappa shape index (κ1) is 11.2. The number of halogens is 3. The fourth-order valence-corrected chi connectivity index (χ4v) is 0.959. The lowest BCUT2D eigenvalue weighted by Crippen LogP contribution is -2.07. The molecule has 0 aliphatic carbocycles. The fraction of sp³-hybridized carbons (Fsp3) is 0.111. The zero-order valence-corrected chi connectivity index (χ0v) is 7.32. The number of hydrogen-bond donors (Lipinski definition) is 1. The largest absolute Gasteiger partial charge is 0.478 e. The zero-order valence-electron chi connectivity index (χ0n) is 7.32. The Morgan fingerprint density at radius 1 is 1.47 bits per heavy atom. The Hall–Kier alpha value is -1.85. The molecule has 1 aromatic heterocycles. The zero-order chi connectivity index (χ0) is 11.5. The predicted octanol–water partition coefficient (Wildman–Crippen LogP) is 2.20. The molecule has 1 N–H and O–H groups in total. The van der Waals surface area contributed by atoms with Gasteiger partial charge in [-0.05, 0) is 12.1 Å². The number of carboxylic acid groups (broad SMARTS) is 1. The summed E-state index contributed by atoms with van der Waals surface area (Å²) in [6.07, 6.45) is -1.06. The summed E-state index contributed by atoms with van der Waals surface area (Å²) in [5, 5.41) is 8.28. The van der Waals surface area contributed by atoms with Gasteiger partial charge >= 0.3 is 12.1 Å². The van der Waals surface area contributed by atoms with E-state index in [0.29, 0.717) is 6.08 Å². The SMILES string of the molecule is O=C(O)/C=C/c1cnccc1C(F)(F)F. The highest BCUT2D eigenvalue weighted by Gasteiger charge is 2.32. The molecule has 3 nitrogen and oxygen atoms in total. The standard InChI is InChI=1S/C9H6F3NO2/c10-9(11,12)7-3-4-13-5-6(7)1-2-8(14)15/h1-5H,(H,14,15)/b2-1+. The van der Waals surface area contributed by atoms with Crippen LogP contribution in [0.4, 0.5) is 13.2 Å². The molecule has 0 saturated heterocycles. The highest BCUT2D eigenvalue weighted by molar-refractivity contribution is 5.85. The van der Waals surface area contributed by atoms with Crippen LogP contribution in [0.25, 0.3) is 6.08 Å². The smallest absolute Gasteiger partial charge is 0.417 e. The van der Waals surface area contributed by atoms with Crippen LogP contribution in [0, 0.1) is 0 Å². The van der Waals surface area contributed by atoms with E-state index in [1.807, 2.05) is 0 Å². The first-order valence-corrected chi connectivity index (χ1v) is 3.83. The minimum atomic E-state index is -4.51. The topological polar surface area (TPSA) is 50.2 Å². The van der Waals surface area contributed by atoms with Crippen LogP contribution in [0.5, 0.6) is 0 Å². The molecular formula is C9H6F3NO2. The summed E-state index contributed by atoms with van der Waals surface area (Å²) in [6, 6.07) is 0.793. The van der Waals surface area contributed by atoms with Gasteiger partial charge in [0.2, 0.25) is 0 Å². The lowest BCUT2D eigenvalue weighted by Gasteiger charge is -2.08. The van der Waals surface area contributed by atoms with Crippen molar-refractivity contribution >= 4 is 12.0 Å². The number of alkyl halides is 3. The second-order valence-electron chi connectivity index (χ2n) is 2.63. The van der Waals surface area contributed by atoms with Gasteiger partial charge in [0.1, 0.15) is 0 Å². The van der Waals surface area contributed by atoms with E-state index in [1.54, 1.807) is 0 Å². The highest BCUT2D eigenvalue weighted by Crippen LogP contribution is 2.31. The van der Waals surface area contributed by atoms with Crippen molar-refractivity contribution in [2.75, 3.05) is 0 Å². The molecule has 1 aromatic rings. The summed E-state index contributed by atoms with van der Waals surface area (Å²) in [4.78, 5) is 13.6. The van der Waals surface area contributed by atoms with Crippen molar-refractivity contribution in [1.82, 2.24) is 4.98 Å². The Morgan fingerprint density at radius 3 is 2.67 bits per heavy atom. The maximum absolute atomic E-state index is 12.4. The van der Waals surface area contributed by atoms with E-state index in [1.165, 1.54) is 0 Å². The van der Waals surface area contributed by atoms with Crippen LogP contribution in [0.15, 0.2) is 24.5 Å². The first-order chi connectivity index (χ1) is 6.91. The molecule has 0 spiro atoms. The van der Waals surface area contributed by atoms with Crippen LogP contribution >= 0.6 is 0 Å². The van der Waals surface area contributed by atoms with Gasteiger partial charge in [0.05, 0.1) is 5.56 Å². The van der Waals surface area contributed by atoms with Gasteiger partial charge in [-0.25, -0.2) is 4.79 Å². The molecule has 1 rings (SSSR count). The molecule has 80 valence electrons. The van der Waals surface area contributed by atoms with E-state index in [9.17, 15) is 18.0 Å². The van der Waals surface area contributed by atoms with Gasteiger partial charge in [-0.3, -0.25) is 4.98 Å². The van der Waals surface area contributed by atoms with Crippen molar-refractivity contribution in [2.24, 2.45) is 0 Å². The van der Waals surface area contributed by atoms with Gasteiger partial charge < -0.3 is 5.11 Å². The number of hydrogen-bond acceptors (Lipinski definition) is 2. The number of rotatable bonds is 2. The van der Waals surface area contributed by atoms with Gasteiger partial charge in [0, 0.05) is 24.0 Å². The van der Waals surface area contributed by atoms with E-state index in [0.717, 1.165) is 24.5 Å². The molecule has 0 fully saturated rings. The highest BCUT2D eigenvalue weighted by atomic mass is 19.4. The van der Waals surface area contributed by atoms with Crippen molar-refractivity contribution in [3.05, 3.63) is 35.7 Å². The Labute approximate surface area is 82.9 Å². The third-order valence-electron chi connectivity index (χ3n) is 1.56. The monoisotopic (exact) mass is 217 g/mol. The first-order valence-electron chi connectivity index (χ1n) is 3.83.